The molecule has 1 rings (SSSR count). The van der Waals surface area contributed by atoms with Crippen LogP contribution < -0.4 is 5.14 Å². The van der Waals surface area contributed by atoms with Gasteiger partial charge in [-0.25, -0.2) is 13.6 Å². The van der Waals surface area contributed by atoms with Crippen LogP contribution in [0.15, 0.2) is 0 Å². The molecule has 1 aliphatic rings. The van der Waals surface area contributed by atoms with Gasteiger partial charge in [0.1, 0.15) is 0 Å². The van der Waals surface area contributed by atoms with Crippen LogP contribution in [-0.2, 0) is 10.0 Å². The lowest BCUT2D eigenvalue weighted by Crippen LogP contribution is -2.27. The first kappa shape index (κ1) is 10.5. The van der Waals surface area contributed by atoms with Crippen molar-refractivity contribution in [3.8, 4) is 0 Å². The number of primary sulfonamides is 1. The van der Waals surface area contributed by atoms with E-state index in [-0.39, 0.29) is 5.75 Å². The molecule has 0 aromatic rings. The van der Waals surface area contributed by atoms with Gasteiger partial charge in [-0.15, -0.1) is 0 Å². The summed E-state index contributed by atoms with van der Waals surface area (Å²) in [4.78, 5) is 1.91. The zero-order valence-corrected chi connectivity index (χ0v) is 8.31. The number of hydrogen-bond acceptors (Lipinski definition) is 3. The number of nitrogens with zero attached hydrogens (tertiary/aromatic N) is 1. The lowest BCUT2D eigenvalue weighted by atomic mass is 10.4. The smallest absolute Gasteiger partial charge is 0.209 e. The van der Waals surface area contributed by atoms with Crippen molar-refractivity contribution in [1.82, 2.24) is 4.90 Å². The van der Waals surface area contributed by atoms with Gasteiger partial charge >= 0.3 is 0 Å². The molecular formula is C7H15N3O2S. The maximum Gasteiger partial charge on any atom is 0.209 e. The van der Waals surface area contributed by atoms with Gasteiger partial charge in [0.25, 0.3) is 0 Å². The van der Waals surface area contributed by atoms with Crippen LogP contribution in [0.5, 0.6) is 0 Å². The first-order valence-corrected chi connectivity index (χ1v) is 6.03. The normalized spacial score (nSPS) is 18.2. The van der Waals surface area contributed by atoms with Crippen molar-refractivity contribution >= 4 is 15.9 Å². The minimum Gasteiger partial charge on any atom is -0.361 e. The molecular weight excluding hydrogens is 190 g/mol. The quantitative estimate of drug-likeness (QED) is 0.662. The molecule has 1 aliphatic heterocycles. The Kier molecular flexibility index (Phi) is 3.27. The number of rotatable bonds is 4. The molecule has 0 saturated carbocycles. The van der Waals surface area contributed by atoms with E-state index >= 15 is 0 Å². The van der Waals surface area contributed by atoms with Crippen molar-refractivity contribution in [3.05, 3.63) is 0 Å². The van der Waals surface area contributed by atoms with E-state index in [1.54, 1.807) is 0 Å². The molecule has 6 heteroatoms. The van der Waals surface area contributed by atoms with E-state index in [0.717, 1.165) is 19.4 Å². The average Bonchev–Trinajstić information content (AvgIpc) is 2.34. The summed E-state index contributed by atoms with van der Waals surface area (Å²) in [5.41, 5.74) is 0. The van der Waals surface area contributed by atoms with Crippen molar-refractivity contribution in [2.45, 2.75) is 19.3 Å². The third kappa shape index (κ3) is 3.73. The molecule has 13 heavy (non-hydrogen) atoms. The summed E-state index contributed by atoms with van der Waals surface area (Å²) < 4.78 is 21.2. The van der Waals surface area contributed by atoms with Gasteiger partial charge in [-0.3, -0.25) is 5.41 Å². The minimum absolute atomic E-state index is 0.0107. The molecule has 1 fully saturated rings. The van der Waals surface area contributed by atoms with E-state index in [1.807, 2.05) is 4.90 Å². The van der Waals surface area contributed by atoms with Crippen molar-refractivity contribution in [2.24, 2.45) is 5.14 Å². The lowest BCUT2D eigenvalue weighted by molar-refractivity contribution is 0.449. The molecule has 0 amide bonds. The van der Waals surface area contributed by atoms with Crippen LogP contribution in [0.3, 0.4) is 0 Å². The SMILES string of the molecule is N=C1CCCN1CCCS(N)(=O)=O. The van der Waals surface area contributed by atoms with Crippen LogP contribution in [0.1, 0.15) is 19.3 Å². The zero-order valence-electron chi connectivity index (χ0n) is 7.49. The number of nitrogens with two attached hydrogens (primary N) is 1. The Morgan fingerprint density at radius 1 is 1.54 bits per heavy atom. The van der Waals surface area contributed by atoms with E-state index in [0.29, 0.717) is 18.8 Å². The van der Waals surface area contributed by atoms with Crippen molar-refractivity contribution in [2.75, 3.05) is 18.8 Å². The Labute approximate surface area is 78.5 Å². The van der Waals surface area contributed by atoms with Crippen LogP contribution in [0.2, 0.25) is 0 Å². The highest BCUT2D eigenvalue weighted by Gasteiger charge is 2.16. The first-order chi connectivity index (χ1) is 5.99. The van der Waals surface area contributed by atoms with E-state index in [2.05, 4.69) is 0 Å². The molecule has 1 heterocycles. The van der Waals surface area contributed by atoms with Crippen LogP contribution >= 0.6 is 0 Å². The predicted molar refractivity (Wildman–Crippen MR) is 51.1 cm³/mol. The van der Waals surface area contributed by atoms with Crippen LogP contribution in [0.4, 0.5) is 0 Å². The second-order valence-corrected chi connectivity index (χ2v) is 4.99. The number of amidine groups is 1. The van der Waals surface area contributed by atoms with Crippen molar-refractivity contribution in [3.63, 3.8) is 0 Å². The maximum atomic E-state index is 10.6. The Morgan fingerprint density at radius 3 is 2.69 bits per heavy atom. The van der Waals surface area contributed by atoms with E-state index in [1.165, 1.54) is 0 Å². The van der Waals surface area contributed by atoms with Crippen LogP contribution in [0.25, 0.3) is 0 Å². The third-order valence-corrected chi connectivity index (χ3v) is 2.94. The summed E-state index contributed by atoms with van der Waals surface area (Å²) in [6.45, 7) is 1.51. The zero-order chi connectivity index (χ0) is 9.90. The fourth-order valence-corrected chi connectivity index (χ4v) is 1.97. The van der Waals surface area contributed by atoms with Crippen LogP contribution in [0, 0.1) is 5.41 Å². The summed E-state index contributed by atoms with van der Waals surface area (Å²) in [5, 5.41) is 12.3. The number of hydrogen-bond donors (Lipinski definition) is 2. The van der Waals surface area contributed by atoms with Crippen molar-refractivity contribution < 1.29 is 8.42 Å². The Hall–Kier alpha value is -0.620. The van der Waals surface area contributed by atoms with Gasteiger partial charge < -0.3 is 4.90 Å². The maximum absolute atomic E-state index is 10.6. The second kappa shape index (κ2) is 4.06. The summed E-state index contributed by atoms with van der Waals surface area (Å²) >= 11 is 0. The van der Waals surface area contributed by atoms with Crippen molar-refractivity contribution in [1.29, 1.82) is 5.41 Å². The van der Waals surface area contributed by atoms with Gasteiger partial charge in [-0.05, 0) is 12.8 Å². The summed E-state index contributed by atoms with van der Waals surface area (Å²) in [5.74, 6) is 0.631. The highest BCUT2D eigenvalue weighted by Crippen LogP contribution is 2.09. The first-order valence-electron chi connectivity index (χ1n) is 4.32. The van der Waals surface area contributed by atoms with Gasteiger partial charge in [0, 0.05) is 19.5 Å². The van der Waals surface area contributed by atoms with E-state index in [9.17, 15) is 8.42 Å². The molecule has 0 aromatic carbocycles. The van der Waals surface area contributed by atoms with Gasteiger partial charge in [0.15, 0.2) is 0 Å². The topological polar surface area (TPSA) is 87.2 Å². The molecule has 0 unspecified atom stereocenters. The molecule has 1 saturated heterocycles. The molecule has 0 aromatic heterocycles. The van der Waals surface area contributed by atoms with Gasteiger partial charge in [-0.1, -0.05) is 0 Å². The fraction of sp³-hybridized carbons (Fsp3) is 0.857. The van der Waals surface area contributed by atoms with E-state index in [4.69, 9.17) is 10.5 Å². The highest BCUT2D eigenvalue weighted by atomic mass is 32.2. The molecule has 0 atom stereocenters. The standard InChI is InChI=1S/C7H15N3O2S/c8-7-3-1-4-10(7)5-2-6-13(9,11)12/h8H,1-6H2,(H2,9,11,12). The van der Waals surface area contributed by atoms with Crippen LogP contribution in [-0.4, -0.2) is 38.0 Å². The Morgan fingerprint density at radius 2 is 2.23 bits per heavy atom. The Balaban J connectivity index is 2.23. The van der Waals surface area contributed by atoms with Gasteiger partial charge in [-0.2, -0.15) is 0 Å². The molecule has 3 N–H and O–H groups in total. The number of likely N-dealkylation sites (tertiary alicyclic amines) is 1. The third-order valence-electron chi connectivity index (χ3n) is 2.08. The molecule has 5 nitrogen and oxygen atoms in total. The number of sulfonamides is 1. The summed E-state index contributed by atoms with van der Waals surface area (Å²) in [6.07, 6.45) is 2.34. The fourth-order valence-electron chi connectivity index (χ4n) is 1.43. The average molecular weight is 205 g/mol. The summed E-state index contributed by atoms with van der Waals surface area (Å²) in [6, 6.07) is 0. The Bertz CT molecular complexity index is 286. The molecule has 76 valence electrons. The van der Waals surface area contributed by atoms with Gasteiger partial charge in [0.05, 0.1) is 11.6 Å². The molecule has 0 bridgehead atoms. The highest BCUT2D eigenvalue weighted by molar-refractivity contribution is 7.89. The number of nitrogens with one attached hydrogen (secondary N) is 1. The second-order valence-electron chi connectivity index (χ2n) is 3.26. The largest absolute Gasteiger partial charge is 0.361 e. The molecule has 0 spiro atoms. The molecule has 0 aliphatic carbocycles. The van der Waals surface area contributed by atoms with E-state index < -0.39 is 10.0 Å². The monoisotopic (exact) mass is 205 g/mol. The minimum atomic E-state index is -3.33. The lowest BCUT2D eigenvalue weighted by Gasteiger charge is -2.16. The summed E-state index contributed by atoms with van der Waals surface area (Å²) in [7, 11) is -3.33. The molecule has 0 radical (unpaired) electrons. The van der Waals surface area contributed by atoms with Gasteiger partial charge in [0.2, 0.25) is 10.0 Å². The predicted octanol–water partition coefficient (Wildman–Crippen LogP) is -0.262.